The van der Waals surface area contributed by atoms with Crippen LogP contribution in [-0.2, 0) is 9.59 Å². The van der Waals surface area contributed by atoms with Gasteiger partial charge in [-0.15, -0.1) is 0 Å². The van der Waals surface area contributed by atoms with Crippen molar-refractivity contribution in [2.24, 2.45) is 0 Å². The van der Waals surface area contributed by atoms with Crippen molar-refractivity contribution in [3.8, 4) is 11.5 Å². The summed E-state index contributed by atoms with van der Waals surface area (Å²) in [7, 11) is 2.99. The number of hydrogen-bond acceptors (Lipinski definition) is 5. The summed E-state index contributed by atoms with van der Waals surface area (Å²) < 4.78 is 10.4. The second kappa shape index (κ2) is 8.79. The quantitative estimate of drug-likeness (QED) is 0.512. The van der Waals surface area contributed by atoms with Crippen LogP contribution in [0.2, 0.25) is 0 Å². The molecule has 0 fully saturated rings. The maximum absolute atomic E-state index is 13.1. The van der Waals surface area contributed by atoms with E-state index in [1.54, 1.807) is 66.7 Å². The molecule has 0 spiro atoms. The predicted molar refractivity (Wildman–Crippen MR) is 113 cm³/mol. The molecular weight excluding hydrogens is 370 g/mol. The molecule has 0 saturated carbocycles. The summed E-state index contributed by atoms with van der Waals surface area (Å²) in [6.45, 7) is 0. The fourth-order valence-electron chi connectivity index (χ4n) is 2.77. The molecule has 0 atom stereocenters. The third-order valence-corrected chi connectivity index (χ3v) is 4.22. The summed E-state index contributed by atoms with van der Waals surface area (Å²) in [6.07, 6.45) is 0. The van der Waals surface area contributed by atoms with Gasteiger partial charge in [-0.05, 0) is 48.5 Å². The first kappa shape index (κ1) is 19.8. The molecule has 29 heavy (non-hydrogen) atoms. The molecule has 0 aliphatic rings. The van der Waals surface area contributed by atoms with Crippen LogP contribution in [0.4, 0.5) is 22.7 Å². The zero-order valence-electron chi connectivity index (χ0n) is 16.1. The third-order valence-electron chi connectivity index (χ3n) is 4.22. The largest absolute Gasteiger partial charge is 0.497 e. The van der Waals surface area contributed by atoms with Crippen LogP contribution in [0.1, 0.15) is 0 Å². The second-order valence-corrected chi connectivity index (χ2v) is 6.09. The van der Waals surface area contributed by atoms with Crippen molar-refractivity contribution < 1.29 is 19.1 Å². The number of amides is 2. The maximum Gasteiger partial charge on any atom is 0.321 e. The average Bonchev–Trinajstić information content (AvgIpc) is 2.75. The lowest BCUT2D eigenvalue weighted by Crippen LogP contribution is -2.36. The first-order valence-electron chi connectivity index (χ1n) is 8.81. The van der Waals surface area contributed by atoms with Crippen molar-refractivity contribution in [3.63, 3.8) is 0 Å². The highest BCUT2D eigenvalue weighted by Gasteiger charge is 2.26. The van der Waals surface area contributed by atoms with Gasteiger partial charge in [-0.25, -0.2) is 0 Å². The van der Waals surface area contributed by atoms with E-state index in [0.29, 0.717) is 34.2 Å². The van der Waals surface area contributed by atoms with Crippen LogP contribution < -0.4 is 25.4 Å². The van der Waals surface area contributed by atoms with E-state index in [1.165, 1.54) is 19.1 Å². The van der Waals surface area contributed by atoms with Crippen LogP contribution in [0.5, 0.6) is 11.5 Å². The summed E-state index contributed by atoms with van der Waals surface area (Å²) in [5, 5.41) is 2.61. The number of carbonyl (C=O) groups is 2. The molecule has 7 nitrogen and oxygen atoms in total. The Morgan fingerprint density at radius 1 is 0.862 bits per heavy atom. The molecule has 0 heterocycles. The number of nitrogens with one attached hydrogen (secondary N) is 1. The van der Waals surface area contributed by atoms with Gasteiger partial charge in [-0.2, -0.15) is 0 Å². The van der Waals surface area contributed by atoms with E-state index in [4.69, 9.17) is 15.2 Å². The highest BCUT2D eigenvalue weighted by molar-refractivity contribution is 6.45. The van der Waals surface area contributed by atoms with E-state index in [2.05, 4.69) is 5.32 Å². The van der Waals surface area contributed by atoms with Crippen molar-refractivity contribution in [1.82, 2.24) is 0 Å². The summed E-state index contributed by atoms with van der Waals surface area (Å²) in [5.41, 5.74) is 7.71. The molecule has 3 rings (SSSR count). The van der Waals surface area contributed by atoms with E-state index < -0.39 is 11.8 Å². The number of nitrogen functional groups attached to an aromatic ring is 1. The first-order chi connectivity index (χ1) is 14.0. The molecule has 148 valence electrons. The Kier molecular flexibility index (Phi) is 5.99. The Labute approximate surface area is 168 Å². The third kappa shape index (κ3) is 4.47. The first-order valence-corrected chi connectivity index (χ1v) is 8.81. The molecule has 2 amide bonds. The van der Waals surface area contributed by atoms with Gasteiger partial charge in [-0.1, -0.05) is 18.2 Å². The molecule has 0 radical (unpaired) electrons. The van der Waals surface area contributed by atoms with Crippen LogP contribution in [0, 0.1) is 0 Å². The highest BCUT2D eigenvalue weighted by atomic mass is 16.5. The highest BCUT2D eigenvalue weighted by Crippen LogP contribution is 2.30. The fraction of sp³-hybridized carbons (Fsp3) is 0.0909. The number of hydrogen-bond donors (Lipinski definition) is 2. The predicted octanol–water partition coefficient (Wildman–Crippen LogP) is 3.59. The van der Waals surface area contributed by atoms with Crippen molar-refractivity contribution in [2.45, 2.75) is 0 Å². The zero-order valence-corrected chi connectivity index (χ0v) is 16.1. The molecule has 0 aromatic heterocycles. The number of rotatable bonds is 5. The number of carbonyl (C=O) groups excluding carboxylic acids is 2. The molecule has 3 aromatic carbocycles. The van der Waals surface area contributed by atoms with Crippen LogP contribution in [0.15, 0.2) is 72.8 Å². The van der Waals surface area contributed by atoms with Gasteiger partial charge in [0.25, 0.3) is 0 Å². The topological polar surface area (TPSA) is 93.9 Å². The second-order valence-electron chi connectivity index (χ2n) is 6.09. The minimum Gasteiger partial charge on any atom is -0.497 e. The molecule has 3 N–H and O–H groups in total. The normalized spacial score (nSPS) is 10.1. The van der Waals surface area contributed by atoms with Crippen molar-refractivity contribution in [1.29, 1.82) is 0 Å². The molecule has 3 aromatic rings. The number of anilines is 4. The fourth-order valence-corrected chi connectivity index (χ4v) is 2.77. The summed E-state index contributed by atoms with van der Waals surface area (Å²) in [6, 6.07) is 20.5. The lowest BCUT2D eigenvalue weighted by molar-refractivity contribution is -0.134. The maximum atomic E-state index is 13.1. The van der Waals surface area contributed by atoms with Gasteiger partial charge in [-0.3, -0.25) is 14.5 Å². The molecule has 0 unspecified atom stereocenters. The van der Waals surface area contributed by atoms with Gasteiger partial charge in [0.2, 0.25) is 0 Å². The Morgan fingerprint density at radius 3 is 2.14 bits per heavy atom. The number of methoxy groups -OCH3 is 2. The van der Waals surface area contributed by atoms with E-state index in [0.717, 1.165) is 0 Å². The van der Waals surface area contributed by atoms with Crippen LogP contribution in [-0.4, -0.2) is 26.0 Å². The smallest absolute Gasteiger partial charge is 0.321 e. The van der Waals surface area contributed by atoms with Crippen LogP contribution in [0.25, 0.3) is 0 Å². The van der Waals surface area contributed by atoms with E-state index in [9.17, 15) is 9.59 Å². The van der Waals surface area contributed by atoms with Crippen LogP contribution >= 0.6 is 0 Å². The van der Waals surface area contributed by atoms with Gasteiger partial charge < -0.3 is 20.5 Å². The molecule has 7 heteroatoms. The van der Waals surface area contributed by atoms with Crippen molar-refractivity contribution >= 4 is 34.6 Å². The van der Waals surface area contributed by atoms with Gasteiger partial charge in [0.05, 0.1) is 19.9 Å². The van der Waals surface area contributed by atoms with E-state index >= 15 is 0 Å². The SMILES string of the molecule is COc1ccc(OC)c(NC(=O)C(=O)N(c2ccccc2)c2ccc(N)cc2)c1. The minimum absolute atomic E-state index is 0.329. The Hall–Kier alpha value is -4.00. The number of ether oxygens (including phenoxy) is 2. The Morgan fingerprint density at radius 2 is 1.52 bits per heavy atom. The van der Waals surface area contributed by atoms with Gasteiger partial charge in [0, 0.05) is 23.1 Å². The number of nitrogens with zero attached hydrogens (tertiary/aromatic N) is 1. The van der Waals surface area contributed by atoms with Gasteiger partial charge in [0.1, 0.15) is 11.5 Å². The monoisotopic (exact) mass is 391 g/mol. The lowest BCUT2D eigenvalue weighted by Gasteiger charge is -2.23. The van der Waals surface area contributed by atoms with Gasteiger partial charge >= 0.3 is 11.8 Å². The van der Waals surface area contributed by atoms with Crippen LogP contribution in [0.3, 0.4) is 0 Å². The van der Waals surface area contributed by atoms with E-state index in [1.807, 2.05) is 6.07 Å². The lowest BCUT2D eigenvalue weighted by atomic mass is 10.2. The summed E-state index contributed by atoms with van der Waals surface area (Å²) in [5.74, 6) is -0.652. The molecule has 0 bridgehead atoms. The summed E-state index contributed by atoms with van der Waals surface area (Å²) >= 11 is 0. The number of nitrogens with two attached hydrogens (primary N) is 1. The van der Waals surface area contributed by atoms with Crippen molar-refractivity contribution in [3.05, 3.63) is 72.8 Å². The molecule has 0 saturated heterocycles. The molecular formula is C22H21N3O4. The van der Waals surface area contributed by atoms with Gasteiger partial charge in [0.15, 0.2) is 0 Å². The Bertz CT molecular complexity index is 1000. The Balaban J connectivity index is 1.94. The van der Waals surface area contributed by atoms with Crippen molar-refractivity contribution in [2.75, 3.05) is 30.2 Å². The molecule has 0 aliphatic carbocycles. The minimum atomic E-state index is -0.822. The average molecular weight is 391 g/mol. The number of para-hydroxylation sites is 1. The zero-order chi connectivity index (χ0) is 20.8. The summed E-state index contributed by atoms with van der Waals surface area (Å²) in [4.78, 5) is 27.2. The standard InChI is InChI=1S/C22H21N3O4/c1-28-18-12-13-20(29-2)19(14-18)24-21(26)22(27)25(16-6-4-3-5-7-16)17-10-8-15(23)9-11-17/h3-14H,23H2,1-2H3,(H,24,26). The van der Waals surface area contributed by atoms with E-state index in [-0.39, 0.29) is 0 Å². The molecule has 0 aliphatic heterocycles. The number of benzene rings is 3.